The SMILES string of the molecule is C=C(C)C(=O)O.CC(C)(C)OC(=O)/C=C\C(=O)O. The first-order chi connectivity index (χ1) is 7.95. The number of hydrogen-bond acceptors (Lipinski definition) is 4. The Hall–Kier alpha value is -2.11. The third kappa shape index (κ3) is 16.3. The summed E-state index contributed by atoms with van der Waals surface area (Å²) < 4.78 is 4.80. The summed E-state index contributed by atoms with van der Waals surface area (Å²) in [5.41, 5.74) is -0.407. The maximum absolute atomic E-state index is 10.8. The van der Waals surface area contributed by atoms with Gasteiger partial charge in [-0.05, 0) is 27.7 Å². The van der Waals surface area contributed by atoms with Gasteiger partial charge >= 0.3 is 17.9 Å². The molecule has 0 atom stereocenters. The number of aliphatic carboxylic acids is 2. The van der Waals surface area contributed by atoms with Gasteiger partial charge in [0.15, 0.2) is 0 Å². The molecular weight excluding hydrogens is 240 g/mol. The summed E-state index contributed by atoms with van der Waals surface area (Å²) in [5.74, 6) is -2.75. The number of carboxylic acids is 2. The zero-order chi connectivity index (χ0) is 14.9. The van der Waals surface area contributed by atoms with Crippen LogP contribution in [0, 0.1) is 0 Å². The quantitative estimate of drug-likeness (QED) is 0.589. The van der Waals surface area contributed by atoms with E-state index < -0.39 is 23.5 Å². The lowest BCUT2D eigenvalue weighted by Crippen LogP contribution is -2.22. The van der Waals surface area contributed by atoms with Gasteiger partial charge in [0.25, 0.3) is 0 Å². The van der Waals surface area contributed by atoms with E-state index in [1.54, 1.807) is 20.8 Å². The monoisotopic (exact) mass is 258 g/mol. The lowest BCUT2D eigenvalue weighted by Gasteiger charge is -2.17. The average Bonchev–Trinajstić information content (AvgIpc) is 2.12. The van der Waals surface area contributed by atoms with Crippen LogP contribution < -0.4 is 0 Å². The molecule has 0 saturated carbocycles. The maximum Gasteiger partial charge on any atom is 0.331 e. The van der Waals surface area contributed by atoms with Gasteiger partial charge < -0.3 is 14.9 Å². The maximum atomic E-state index is 10.8. The molecule has 2 N–H and O–H groups in total. The minimum Gasteiger partial charge on any atom is -0.478 e. The summed E-state index contributed by atoms with van der Waals surface area (Å²) in [6.07, 6.45) is 1.63. The zero-order valence-corrected chi connectivity index (χ0v) is 10.9. The van der Waals surface area contributed by atoms with Crippen LogP contribution in [0.25, 0.3) is 0 Å². The Labute approximate surface area is 106 Å². The molecule has 0 aliphatic rings. The van der Waals surface area contributed by atoms with Crippen molar-refractivity contribution in [3.05, 3.63) is 24.3 Å². The minimum atomic E-state index is -1.17. The number of esters is 1. The van der Waals surface area contributed by atoms with Gasteiger partial charge in [0.05, 0.1) is 0 Å². The molecule has 0 amide bonds. The van der Waals surface area contributed by atoms with Crippen LogP contribution in [0.2, 0.25) is 0 Å². The molecule has 0 rings (SSSR count). The summed E-state index contributed by atoms with van der Waals surface area (Å²) >= 11 is 0. The van der Waals surface area contributed by atoms with Crippen LogP contribution in [-0.2, 0) is 19.1 Å². The fourth-order valence-corrected chi connectivity index (χ4v) is 0.475. The Morgan fingerprint density at radius 2 is 1.50 bits per heavy atom. The van der Waals surface area contributed by atoms with Crippen LogP contribution in [0.15, 0.2) is 24.3 Å². The van der Waals surface area contributed by atoms with E-state index in [1.165, 1.54) is 6.92 Å². The largest absolute Gasteiger partial charge is 0.478 e. The first-order valence-corrected chi connectivity index (χ1v) is 4.98. The predicted molar refractivity (Wildman–Crippen MR) is 65.1 cm³/mol. The van der Waals surface area contributed by atoms with Gasteiger partial charge in [0.2, 0.25) is 0 Å². The highest BCUT2D eigenvalue weighted by atomic mass is 16.6. The third-order valence-corrected chi connectivity index (χ3v) is 1.13. The highest BCUT2D eigenvalue weighted by Gasteiger charge is 2.13. The first-order valence-electron chi connectivity index (χ1n) is 4.98. The first kappa shape index (κ1) is 18.3. The van der Waals surface area contributed by atoms with Crippen LogP contribution in [0.3, 0.4) is 0 Å². The summed E-state index contributed by atoms with van der Waals surface area (Å²) in [5, 5.41) is 16.1. The second-order valence-electron chi connectivity index (χ2n) is 4.29. The number of carbonyl (C=O) groups excluding carboxylic acids is 1. The second-order valence-corrected chi connectivity index (χ2v) is 4.29. The Morgan fingerprint density at radius 3 is 1.72 bits per heavy atom. The molecule has 6 heteroatoms. The van der Waals surface area contributed by atoms with Crippen molar-refractivity contribution in [2.24, 2.45) is 0 Å². The minimum absolute atomic E-state index is 0.176. The van der Waals surface area contributed by atoms with Crippen molar-refractivity contribution >= 4 is 17.9 Å². The van der Waals surface area contributed by atoms with E-state index in [4.69, 9.17) is 14.9 Å². The Bertz CT molecular complexity index is 347. The summed E-state index contributed by atoms with van der Waals surface area (Å²) in [6.45, 7) is 9.73. The molecule has 0 aromatic heterocycles. The van der Waals surface area contributed by atoms with E-state index in [0.717, 1.165) is 12.2 Å². The number of ether oxygens (including phenoxy) is 1. The van der Waals surface area contributed by atoms with E-state index in [-0.39, 0.29) is 5.57 Å². The Balaban J connectivity index is 0. The molecule has 0 spiro atoms. The van der Waals surface area contributed by atoms with Crippen molar-refractivity contribution < 1.29 is 29.3 Å². The standard InChI is InChI=1S/C8H12O4.C4H6O2/c1-8(2,3)12-7(11)5-4-6(9)10;1-3(2)4(5)6/h4-5H,1-3H3,(H,9,10);1H2,2H3,(H,5,6)/b5-4-;. The normalized spacial score (nSPS) is 10.2. The van der Waals surface area contributed by atoms with Crippen molar-refractivity contribution in [1.29, 1.82) is 0 Å². The predicted octanol–water partition coefficient (Wildman–Crippen LogP) is 1.62. The molecule has 0 radical (unpaired) electrons. The fraction of sp³-hybridized carbons (Fsp3) is 0.417. The highest BCUT2D eigenvalue weighted by molar-refractivity contribution is 5.90. The molecule has 102 valence electrons. The van der Waals surface area contributed by atoms with Crippen molar-refractivity contribution in [3.8, 4) is 0 Å². The molecule has 0 aromatic carbocycles. The van der Waals surface area contributed by atoms with Crippen molar-refractivity contribution in [2.75, 3.05) is 0 Å². The average molecular weight is 258 g/mol. The van der Waals surface area contributed by atoms with Crippen molar-refractivity contribution in [2.45, 2.75) is 33.3 Å². The van der Waals surface area contributed by atoms with Gasteiger partial charge in [-0.15, -0.1) is 0 Å². The third-order valence-electron chi connectivity index (χ3n) is 1.13. The smallest absolute Gasteiger partial charge is 0.331 e. The zero-order valence-electron chi connectivity index (χ0n) is 10.9. The molecule has 0 fully saturated rings. The second kappa shape index (κ2) is 8.05. The molecule has 0 bridgehead atoms. The van der Waals surface area contributed by atoms with Gasteiger partial charge in [0.1, 0.15) is 5.60 Å². The van der Waals surface area contributed by atoms with Crippen LogP contribution in [-0.4, -0.2) is 33.7 Å². The molecule has 0 aliphatic heterocycles. The van der Waals surface area contributed by atoms with E-state index in [0.29, 0.717) is 0 Å². The van der Waals surface area contributed by atoms with Crippen LogP contribution in [0.1, 0.15) is 27.7 Å². The van der Waals surface area contributed by atoms with Crippen LogP contribution in [0.5, 0.6) is 0 Å². The van der Waals surface area contributed by atoms with E-state index >= 15 is 0 Å². The van der Waals surface area contributed by atoms with Gasteiger partial charge in [-0.25, -0.2) is 14.4 Å². The summed E-state index contributed by atoms with van der Waals surface area (Å²) in [4.78, 5) is 30.4. The molecule has 0 unspecified atom stereocenters. The van der Waals surface area contributed by atoms with Crippen molar-refractivity contribution in [1.82, 2.24) is 0 Å². The topological polar surface area (TPSA) is 101 Å². The lowest BCUT2D eigenvalue weighted by molar-refractivity contribution is -0.149. The van der Waals surface area contributed by atoms with E-state index in [2.05, 4.69) is 6.58 Å². The molecule has 18 heavy (non-hydrogen) atoms. The molecule has 0 heterocycles. The van der Waals surface area contributed by atoms with Crippen molar-refractivity contribution in [3.63, 3.8) is 0 Å². The van der Waals surface area contributed by atoms with Gasteiger partial charge in [-0.2, -0.15) is 0 Å². The Morgan fingerprint density at radius 1 is 1.11 bits per heavy atom. The highest BCUT2D eigenvalue weighted by Crippen LogP contribution is 2.06. The fourth-order valence-electron chi connectivity index (χ4n) is 0.475. The number of rotatable bonds is 3. The molecule has 0 saturated heterocycles. The van der Waals surface area contributed by atoms with Gasteiger partial charge in [-0.3, -0.25) is 0 Å². The Kier molecular flexibility index (Phi) is 8.17. The molecule has 6 nitrogen and oxygen atoms in total. The van der Waals surface area contributed by atoms with Crippen LogP contribution in [0.4, 0.5) is 0 Å². The lowest BCUT2D eigenvalue weighted by atomic mass is 10.2. The van der Waals surface area contributed by atoms with E-state index in [9.17, 15) is 14.4 Å². The number of carboxylic acid groups (broad SMARTS) is 2. The number of carbonyl (C=O) groups is 3. The molecule has 0 aliphatic carbocycles. The summed E-state index contributed by atoms with van der Waals surface area (Å²) in [6, 6.07) is 0. The van der Waals surface area contributed by atoms with Crippen LogP contribution >= 0.6 is 0 Å². The molecular formula is C12H18O6. The summed E-state index contributed by atoms with van der Waals surface area (Å²) in [7, 11) is 0. The van der Waals surface area contributed by atoms with Gasteiger partial charge in [-0.1, -0.05) is 6.58 Å². The molecule has 0 aromatic rings. The van der Waals surface area contributed by atoms with Gasteiger partial charge in [0, 0.05) is 17.7 Å². The number of hydrogen-bond donors (Lipinski definition) is 2. The van der Waals surface area contributed by atoms with E-state index in [1.807, 2.05) is 0 Å².